The van der Waals surface area contributed by atoms with Gasteiger partial charge in [0, 0.05) is 12.1 Å². The van der Waals surface area contributed by atoms with Crippen LogP contribution in [0.15, 0.2) is 34.9 Å². The topological polar surface area (TPSA) is 63.9 Å². The average Bonchev–Trinajstić information content (AvgIpc) is 3.36. The molecule has 0 unspecified atom stereocenters. The van der Waals surface area contributed by atoms with E-state index in [0.717, 1.165) is 18.8 Å². The number of rotatable bonds is 5. The minimum absolute atomic E-state index is 0.0316. The van der Waals surface area contributed by atoms with Crippen LogP contribution in [0.4, 0.5) is 0 Å². The fourth-order valence-electron chi connectivity index (χ4n) is 3.48. The van der Waals surface area contributed by atoms with Crippen molar-refractivity contribution in [2.75, 3.05) is 32.8 Å². The number of hydrogen-bond donors (Lipinski definition) is 1. The molecular weight excluding hydrogens is 356 g/mol. The first-order chi connectivity index (χ1) is 12.7. The number of halogens is 1. The highest BCUT2D eigenvalue weighted by Crippen LogP contribution is 2.38. The molecule has 1 N–H and O–H groups in total. The lowest BCUT2D eigenvalue weighted by atomic mass is 10.1. The van der Waals surface area contributed by atoms with Gasteiger partial charge in [-0.05, 0) is 50.2 Å². The zero-order valence-electron chi connectivity index (χ0n) is 14.4. The number of amides is 1. The van der Waals surface area contributed by atoms with E-state index in [2.05, 4.69) is 10.2 Å². The molecule has 26 heavy (non-hydrogen) atoms. The van der Waals surface area contributed by atoms with Crippen molar-refractivity contribution in [2.24, 2.45) is 0 Å². The Kier molecular flexibility index (Phi) is 5.04. The van der Waals surface area contributed by atoms with Gasteiger partial charge in [0.1, 0.15) is 19.0 Å². The predicted molar refractivity (Wildman–Crippen MR) is 97.0 cm³/mol. The normalized spacial score (nSPS) is 17.9. The summed E-state index contributed by atoms with van der Waals surface area (Å²) >= 11 is 6.23. The highest BCUT2D eigenvalue weighted by molar-refractivity contribution is 6.32. The van der Waals surface area contributed by atoms with Crippen molar-refractivity contribution in [1.82, 2.24) is 10.2 Å². The molecule has 1 fully saturated rings. The van der Waals surface area contributed by atoms with Crippen LogP contribution in [0.3, 0.4) is 0 Å². The first-order valence-corrected chi connectivity index (χ1v) is 9.25. The van der Waals surface area contributed by atoms with E-state index in [1.807, 2.05) is 12.1 Å². The molecule has 2 aliphatic heterocycles. The Hall–Kier alpha value is -2.18. The fraction of sp³-hybridized carbons (Fsp3) is 0.421. The number of fused-ring (bicyclic) bond motifs is 1. The largest absolute Gasteiger partial charge is 0.486 e. The quantitative estimate of drug-likeness (QED) is 0.867. The van der Waals surface area contributed by atoms with Crippen molar-refractivity contribution in [2.45, 2.75) is 18.9 Å². The molecule has 0 radical (unpaired) electrons. The third kappa shape index (κ3) is 3.52. The molecule has 2 aliphatic rings. The first kappa shape index (κ1) is 17.2. The molecule has 3 heterocycles. The molecule has 1 atom stereocenters. The van der Waals surface area contributed by atoms with Crippen molar-refractivity contribution in [3.63, 3.8) is 0 Å². The van der Waals surface area contributed by atoms with Gasteiger partial charge in [0.25, 0.3) is 5.91 Å². The van der Waals surface area contributed by atoms with Crippen LogP contribution in [-0.4, -0.2) is 43.7 Å². The van der Waals surface area contributed by atoms with Crippen molar-refractivity contribution in [3.8, 4) is 11.5 Å². The summed E-state index contributed by atoms with van der Waals surface area (Å²) in [6.07, 6.45) is 4.01. The van der Waals surface area contributed by atoms with Gasteiger partial charge in [-0.3, -0.25) is 9.69 Å². The number of ether oxygens (including phenoxy) is 2. The Bertz CT molecular complexity index is 772. The number of likely N-dealkylation sites (tertiary alicyclic amines) is 1. The molecule has 1 aromatic heterocycles. The van der Waals surface area contributed by atoms with Gasteiger partial charge in [-0.15, -0.1) is 0 Å². The number of hydrogen-bond acceptors (Lipinski definition) is 5. The summed E-state index contributed by atoms with van der Waals surface area (Å²) in [6.45, 7) is 3.40. The highest BCUT2D eigenvalue weighted by atomic mass is 35.5. The van der Waals surface area contributed by atoms with Crippen molar-refractivity contribution >= 4 is 17.5 Å². The lowest BCUT2D eigenvalue weighted by Crippen LogP contribution is -2.36. The van der Waals surface area contributed by atoms with Crippen molar-refractivity contribution in [3.05, 3.63) is 46.9 Å². The van der Waals surface area contributed by atoms with Crippen LogP contribution < -0.4 is 14.8 Å². The number of nitrogens with one attached hydrogen (secondary N) is 1. The van der Waals surface area contributed by atoms with Crippen LogP contribution in [0, 0.1) is 0 Å². The smallest absolute Gasteiger partial charge is 0.251 e. The zero-order chi connectivity index (χ0) is 17.9. The number of carbonyl (C=O) groups excluding carboxylic acids is 1. The molecular formula is C19H21ClN2O4. The average molecular weight is 377 g/mol. The van der Waals surface area contributed by atoms with Gasteiger partial charge in [0.05, 0.1) is 17.3 Å². The summed E-state index contributed by atoms with van der Waals surface area (Å²) in [6, 6.07) is 7.15. The number of nitrogens with zero attached hydrogens (tertiary/aromatic N) is 1. The number of furan rings is 1. The van der Waals surface area contributed by atoms with Crippen LogP contribution in [0.5, 0.6) is 11.5 Å². The third-order valence-corrected chi connectivity index (χ3v) is 5.05. The molecule has 1 saturated heterocycles. The van der Waals surface area contributed by atoms with Gasteiger partial charge in [-0.2, -0.15) is 0 Å². The van der Waals surface area contributed by atoms with Gasteiger partial charge in [-0.1, -0.05) is 11.6 Å². The van der Waals surface area contributed by atoms with Crippen LogP contribution in [0.1, 0.15) is 35.0 Å². The van der Waals surface area contributed by atoms with Gasteiger partial charge in [0.15, 0.2) is 11.5 Å². The first-order valence-electron chi connectivity index (χ1n) is 8.87. The van der Waals surface area contributed by atoms with Gasteiger partial charge in [0.2, 0.25) is 0 Å². The van der Waals surface area contributed by atoms with Crippen LogP contribution in [0.2, 0.25) is 5.02 Å². The van der Waals surface area contributed by atoms with E-state index in [1.54, 1.807) is 18.4 Å². The maximum atomic E-state index is 12.7. The van der Waals surface area contributed by atoms with E-state index in [0.29, 0.717) is 41.8 Å². The molecule has 1 aromatic carbocycles. The second kappa shape index (κ2) is 7.60. The molecule has 4 rings (SSSR count). The predicted octanol–water partition coefficient (Wildman–Crippen LogP) is 3.27. The third-order valence-electron chi connectivity index (χ3n) is 4.77. The molecule has 0 saturated carbocycles. The minimum Gasteiger partial charge on any atom is -0.486 e. The Labute approximate surface area is 157 Å². The highest BCUT2D eigenvalue weighted by Gasteiger charge is 2.26. The second-order valence-electron chi connectivity index (χ2n) is 6.47. The second-order valence-corrected chi connectivity index (χ2v) is 6.87. The zero-order valence-corrected chi connectivity index (χ0v) is 15.1. The van der Waals surface area contributed by atoms with Gasteiger partial charge < -0.3 is 19.2 Å². The molecule has 7 heteroatoms. The van der Waals surface area contributed by atoms with E-state index in [4.69, 9.17) is 25.5 Å². The molecule has 6 nitrogen and oxygen atoms in total. The molecule has 0 bridgehead atoms. The summed E-state index contributed by atoms with van der Waals surface area (Å²) < 4.78 is 16.6. The van der Waals surface area contributed by atoms with Crippen LogP contribution in [0.25, 0.3) is 0 Å². The van der Waals surface area contributed by atoms with Crippen molar-refractivity contribution in [1.29, 1.82) is 0 Å². The number of benzene rings is 1. The molecule has 0 aliphatic carbocycles. The molecule has 1 amide bonds. The maximum absolute atomic E-state index is 12.7. The molecule has 138 valence electrons. The lowest BCUT2D eigenvalue weighted by Gasteiger charge is -2.26. The Morgan fingerprint density at radius 2 is 2.04 bits per heavy atom. The number of carbonyl (C=O) groups is 1. The van der Waals surface area contributed by atoms with E-state index < -0.39 is 0 Å². The van der Waals surface area contributed by atoms with Gasteiger partial charge in [-0.25, -0.2) is 0 Å². The van der Waals surface area contributed by atoms with Crippen LogP contribution >= 0.6 is 11.6 Å². The lowest BCUT2D eigenvalue weighted by molar-refractivity contribution is 0.0932. The Balaban J connectivity index is 1.48. The minimum atomic E-state index is -0.195. The van der Waals surface area contributed by atoms with Crippen molar-refractivity contribution < 1.29 is 18.7 Å². The van der Waals surface area contributed by atoms with Crippen LogP contribution in [-0.2, 0) is 0 Å². The monoisotopic (exact) mass is 376 g/mol. The standard InChI is InChI=1S/C19H21ClN2O4/c20-14-10-13(11-17-18(14)26-9-8-25-17)19(23)21-12-15(16-4-3-7-24-16)22-5-1-2-6-22/h3-4,7,10-11,15H,1-2,5-6,8-9,12H2,(H,21,23)/t15-/m1/s1. The van der Waals surface area contributed by atoms with E-state index in [9.17, 15) is 4.79 Å². The summed E-state index contributed by atoms with van der Waals surface area (Å²) in [5, 5.41) is 3.39. The molecule has 0 spiro atoms. The van der Waals surface area contributed by atoms with E-state index >= 15 is 0 Å². The Morgan fingerprint density at radius 3 is 2.81 bits per heavy atom. The maximum Gasteiger partial charge on any atom is 0.251 e. The molecule has 2 aromatic rings. The SMILES string of the molecule is O=C(NC[C@H](c1ccco1)N1CCCC1)c1cc(Cl)c2c(c1)OCCO2. The summed E-state index contributed by atoms with van der Waals surface area (Å²) in [5.74, 6) is 1.68. The van der Waals surface area contributed by atoms with Gasteiger partial charge >= 0.3 is 0 Å². The fourth-order valence-corrected chi connectivity index (χ4v) is 3.74. The van der Waals surface area contributed by atoms with E-state index in [-0.39, 0.29) is 11.9 Å². The Morgan fingerprint density at radius 1 is 1.23 bits per heavy atom. The summed E-state index contributed by atoms with van der Waals surface area (Å²) in [4.78, 5) is 15.0. The summed E-state index contributed by atoms with van der Waals surface area (Å²) in [5.41, 5.74) is 0.457. The summed E-state index contributed by atoms with van der Waals surface area (Å²) in [7, 11) is 0. The van der Waals surface area contributed by atoms with E-state index in [1.165, 1.54) is 12.8 Å².